The Morgan fingerprint density at radius 1 is 1.38 bits per heavy atom. The fraction of sp³-hybridized carbons (Fsp3) is 0.333. The van der Waals surface area contributed by atoms with E-state index in [-0.39, 0.29) is 0 Å². The van der Waals surface area contributed by atoms with Crippen LogP contribution in [-0.4, -0.2) is 20.2 Å². The van der Waals surface area contributed by atoms with E-state index in [1.165, 1.54) is 6.20 Å². The number of rotatable bonds is 1. The van der Waals surface area contributed by atoms with E-state index in [0.717, 1.165) is 0 Å². The maximum absolute atomic E-state index is 8.73. The molecule has 0 aliphatic heterocycles. The van der Waals surface area contributed by atoms with Crippen molar-refractivity contribution in [3.05, 3.63) is 23.5 Å². The summed E-state index contributed by atoms with van der Waals surface area (Å²) in [5.41, 5.74) is 4.30. The van der Waals surface area contributed by atoms with Crippen LogP contribution in [0.5, 0.6) is 5.75 Å². The summed E-state index contributed by atoms with van der Waals surface area (Å²) >= 11 is 0. The van der Waals surface area contributed by atoms with E-state index in [1.807, 2.05) is 6.07 Å². The van der Waals surface area contributed by atoms with Crippen molar-refractivity contribution in [1.82, 2.24) is 4.98 Å². The molecular formula is C12H14N2OSi. The lowest BCUT2D eigenvalue weighted by Gasteiger charge is -2.05. The van der Waals surface area contributed by atoms with Gasteiger partial charge in [-0.2, -0.15) is 5.26 Å². The van der Waals surface area contributed by atoms with E-state index < -0.39 is 8.07 Å². The molecule has 0 atom stereocenters. The summed E-state index contributed by atoms with van der Waals surface area (Å²) in [6.07, 6.45) is 1.51. The predicted molar refractivity (Wildman–Crippen MR) is 65.7 cm³/mol. The van der Waals surface area contributed by atoms with Crippen molar-refractivity contribution >= 4 is 8.07 Å². The Balaban J connectivity index is 3.15. The zero-order valence-corrected chi connectivity index (χ0v) is 11.0. The molecule has 0 aromatic carbocycles. The summed E-state index contributed by atoms with van der Waals surface area (Å²) in [5, 5.41) is 8.73. The van der Waals surface area contributed by atoms with Gasteiger partial charge in [-0.3, -0.25) is 0 Å². The second-order valence-corrected chi connectivity index (χ2v) is 9.14. The Hall–Kier alpha value is -1.78. The van der Waals surface area contributed by atoms with Gasteiger partial charge in [-0.1, -0.05) is 25.6 Å². The van der Waals surface area contributed by atoms with Gasteiger partial charge in [0.2, 0.25) is 0 Å². The Kier molecular flexibility index (Phi) is 3.71. The molecule has 1 aromatic rings. The molecule has 3 nitrogen and oxygen atoms in total. The third-order valence-corrected chi connectivity index (χ3v) is 2.63. The molecule has 1 aromatic heterocycles. The molecule has 16 heavy (non-hydrogen) atoms. The Labute approximate surface area is 97.1 Å². The summed E-state index contributed by atoms with van der Waals surface area (Å²) in [5.74, 6) is 3.58. The smallest absolute Gasteiger partial charge is 0.154 e. The highest BCUT2D eigenvalue weighted by Crippen LogP contribution is 2.16. The molecule has 0 unspecified atom stereocenters. The lowest BCUT2D eigenvalue weighted by atomic mass is 10.2. The Morgan fingerprint density at radius 2 is 2.06 bits per heavy atom. The largest absolute Gasteiger partial charge is 0.494 e. The number of hydrogen-bond acceptors (Lipinski definition) is 3. The summed E-state index contributed by atoms with van der Waals surface area (Å²) < 4.78 is 5.15. The number of nitrogens with zero attached hydrogens (tertiary/aromatic N) is 2. The van der Waals surface area contributed by atoms with Crippen LogP contribution in [0.3, 0.4) is 0 Å². The lowest BCUT2D eigenvalue weighted by Crippen LogP contribution is -2.16. The van der Waals surface area contributed by atoms with Crippen LogP contribution >= 0.6 is 0 Å². The molecule has 0 amide bonds. The molecule has 4 heteroatoms. The van der Waals surface area contributed by atoms with Crippen LogP contribution in [0.1, 0.15) is 11.3 Å². The van der Waals surface area contributed by atoms with Crippen LogP contribution in [0.4, 0.5) is 0 Å². The third-order valence-electron chi connectivity index (χ3n) is 1.76. The van der Waals surface area contributed by atoms with Gasteiger partial charge in [-0.05, 0) is 0 Å². The average molecular weight is 230 g/mol. The standard InChI is InChI=1S/C12H14N2OSi/c1-15-12-7-10(8-13)9-14-11(12)5-6-16(2,3)4/h7,9H,1-4H3. The molecule has 0 aliphatic rings. The Morgan fingerprint density at radius 3 is 2.56 bits per heavy atom. The highest BCUT2D eigenvalue weighted by molar-refractivity contribution is 6.83. The summed E-state index contributed by atoms with van der Waals surface area (Å²) in [6.45, 7) is 6.49. The second-order valence-electron chi connectivity index (χ2n) is 4.39. The predicted octanol–water partition coefficient (Wildman–Crippen LogP) is 2.19. The highest BCUT2D eigenvalue weighted by atomic mass is 28.3. The van der Waals surface area contributed by atoms with Crippen LogP contribution in [0.2, 0.25) is 19.6 Å². The molecule has 1 rings (SSSR count). The van der Waals surface area contributed by atoms with Crippen LogP contribution in [0.25, 0.3) is 0 Å². The van der Waals surface area contributed by atoms with Crippen molar-refractivity contribution in [1.29, 1.82) is 5.26 Å². The molecule has 0 aliphatic carbocycles. The first-order chi connectivity index (χ1) is 7.46. The monoisotopic (exact) mass is 230 g/mol. The number of pyridine rings is 1. The van der Waals surface area contributed by atoms with Crippen LogP contribution in [0.15, 0.2) is 12.3 Å². The van der Waals surface area contributed by atoms with Gasteiger partial charge in [0, 0.05) is 12.3 Å². The van der Waals surface area contributed by atoms with Crippen molar-refractivity contribution in [2.75, 3.05) is 7.11 Å². The maximum Gasteiger partial charge on any atom is 0.154 e. The number of methoxy groups -OCH3 is 1. The molecule has 1 heterocycles. The van der Waals surface area contributed by atoms with Gasteiger partial charge in [0.05, 0.1) is 12.7 Å². The molecule has 0 N–H and O–H groups in total. The first-order valence-electron chi connectivity index (χ1n) is 4.93. The van der Waals surface area contributed by atoms with Crippen molar-refractivity contribution in [3.8, 4) is 23.3 Å². The fourth-order valence-corrected chi connectivity index (χ4v) is 1.50. The van der Waals surface area contributed by atoms with Crippen molar-refractivity contribution < 1.29 is 4.74 Å². The van der Waals surface area contributed by atoms with Crippen LogP contribution in [0, 0.1) is 22.8 Å². The van der Waals surface area contributed by atoms with E-state index in [1.54, 1.807) is 13.2 Å². The molecule has 0 fully saturated rings. The summed E-state index contributed by atoms with van der Waals surface area (Å²) in [7, 11) is 0.134. The number of ether oxygens (including phenoxy) is 1. The van der Waals surface area contributed by atoms with Gasteiger partial charge in [0.15, 0.2) is 11.4 Å². The molecule has 0 bridgehead atoms. The fourth-order valence-electron chi connectivity index (χ4n) is 1.00. The lowest BCUT2D eigenvalue weighted by molar-refractivity contribution is 0.411. The molecular weight excluding hydrogens is 216 g/mol. The van der Waals surface area contributed by atoms with E-state index in [4.69, 9.17) is 10.00 Å². The molecule has 0 spiro atoms. The van der Waals surface area contributed by atoms with Gasteiger partial charge >= 0.3 is 0 Å². The third kappa shape index (κ3) is 3.41. The molecule has 0 saturated heterocycles. The zero-order chi connectivity index (χ0) is 12.2. The summed E-state index contributed by atoms with van der Waals surface area (Å²) in [4.78, 5) is 4.12. The van der Waals surface area contributed by atoms with Gasteiger partial charge in [-0.25, -0.2) is 4.98 Å². The quantitative estimate of drug-likeness (QED) is 0.549. The van der Waals surface area contributed by atoms with E-state index >= 15 is 0 Å². The van der Waals surface area contributed by atoms with E-state index in [0.29, 0.717) is 17.0 Å². The number of nitriles is 1. The molecule has 0 radical (unpaired) electrons. The zero-order valence-electron chi connectivity index (χ0n) is 9.96. The van der Waals surface area contributed by atoms with Gasteiger partial charge in [-0.15, -0.1) is 5.54 Å². The van der Waals surface area contributed by atoms with Crippen LogP contribution in [-0.2, 0) is 0 Å². The number of hydrogen-bond donors (Lipinski definition) is 0. The van der Waals surface area contributed by atoms with Gasteiger partial charge < -0.3 is 4.74 Å². The minimum Gasteiger partial charge on any atom is -0.494 e. The SMILES string of the molecule is COc1cc(C#N)cnc1C#C[Si](C)(C)C. The van der Waals surface area contributed by atoms with Crippen molar-refractivity contribution in [2.45, 2.75) is 19.6 Å². The highest BCUT2D eigenvalue weighted by Gasteiger charge is 2.09. The first-order valence-corrected chi connectivity index (χ1v) is 8.43. The topological polar surface area (TPSA) is 45.9 Å². The average Bonchev–Trinajstić information content (AvgIpc) is 2.25. The number of aromatic nitrogens is 1. The minimum atomic E-state index is -1.42. The molecule has 82 valence electrons. The van der Waals surface area contributed by atoms with Gasteiger partial charge in [0.1, 0.15) is 14.1 Å². The normalized spacial score (nSPS) is 9.94. The van der Waals surface area contributed by atoms with Gasteiger partial charge in [0.25, 0.3) is 0 Å². The maximum atomic E-state index is 8.73. The van der Waals surface area contributed by atoms with E-state index in [2.05, 4.69) is 36.1 Å². The summed E-state index contributed by atoms with van der Waals surface area (Å²) in [6, 6.07) is 3.67. The van der Waals surface area contributed by atoms with Crippen LogP contribution < -0.4 is 4.74 Å². The second kappa shape index (κ2) is 4.83. The molecule has 0 saturated carbocycles. The minimum absolute atomic E-state index is 0.482. The Bertz CT molecular complexity index is 486. The van der Waals surface area contributed by atoms with Crippen molar-refractivity contribution in [3.63, 3.8) is 0 Å². The van der Waals surface area contributed by atoms with Crippen molar-refractivity contribution in [2.24, 2.45) is 0 Å². The van der Waals surface area contributed by atoms with E-state index in [9.17, 15) is 0 Å². The first kappa shape index (κ1) is 12.3.